The molecule has 2 rings (SSSR count). The molecule has 0 spiro atoms. The van der Waals surface area contributed by atoms with Gasteiger partial charge in [-0.25, -0.2) is 14.4 Å². The van der Waals surface area contributed by atoms with Crippen molar-refractivity contribution in [2.24, 2.45) is 5.73 Å². The first kappa shape index (κ1) is 16.0. The molecule has 21 heavy (non-hydrogen) atoms. The molecule has 7 nitrogen and oxygen atoms in total. The van der Waals surface area contributed by atoms with Gasteiger partial charge in [0, 0.05) is 23.2 Å². The third kappa shape index (κ3) is 4.50. The Bertz CT molecular complexity index is 699. The van der Waals surface area contributed by atoms with E-state index >= 15 is 0 Å². The van der Waals surface area contributed by atoms with E-state index < -0.39 is 18.0 Å². The highest BCUT2D eigenvalue weighted by atomic mass is 16.4. The van der Waals surface area contributed by atoms with Crippen molar-refractivity contribution in [1.82, 2.24) is 4.57 Å². The van der Waals surface area contributed by atoms with Crippen molar-refractivity contribution in [3.8, 4) is 0 Å². The number of amides is 1. The number of aliphatic carboxylic acids is 2. The van der Waals surface area contributed by atoms with E-state index in [-0.39, 0.29) is 0 Å². The van der Waals surface area contributed by atoms with Crippen LogP contribution >= 0.6 is 0 Å². The summed E-state index contributed by atoms with van der Waals surface area (Å²) in [5.74, 6) is -2.51. The average molecular weight is 290 g/mol. The maximum absolute atomic E-state index is 11.1. The molecule has 0 aliphatic rings. The van der Waals surface area contributed by atoms with Gasteiger partial charge >= 0.3 is 18.0 Å². The van der Waals surface area contributed by atoms with Crippen LogP contribution in [0.25, 0.3) is 10.9 Å². The summed E-state index contributed by atoms with van der Waals surface area (Å²) in [6, 6.07) is 9.18. The van der Waals surface area contributed by atoms with Gasteiger partial charge < -0.3 is 15.9 Å². The Hall–Kier alpha value is -3.09. The number of nitrogens with zero attached hydrogens (tertiary/aromatic N) is 1. The smallest absolute Gasteiger partial charge is 0.328 e. The van der Waals surface area contributed by atoms with Crippen molar-refractivity contribution in [1.29, 1.82) is 0 Å². The van der Waals surface area contributed by atoms with Crippen LogP contribution in [0.2, 0.25) is 0 Å². The Balaban J connectivity index is 0.000000240. The minimum atomic E-state index is -1.26. The summed E-state index contributed by atoms with van der Waals surface area (Å²) >= 11 is 0. The van der Waals surface area contributed by atoms with Crippen LogP contribution in [-0.4, -0.2) is 32.7 Å². The van der Waals surface area contributed by atoms with Gasteiger partial charge in [-0.1, -0.05) is 18.2 Å². The molecule has 0 fully saturated rings. The maximum Gasteiger partial charge on any atom is 0.328 e. The molecule has 1 aromatic heterocycles. The Morgan fingerprint density at radius 3 is 2.10 bits per heavy atom. The third-order valence-electron chi connectivity index (χ3n) is 2.48. The summed E-state index contributed by atoms with van der Waals surface area (Å²) in [6.07, 6.45) is 1.12. The van der Waals surface area contributed by atoms with E-state index in [1.807, 2.05) is 37.3 Å². The molecular formula is C14H14N2O5. The van der Waals surface area contributed by atoms with Crippen molar-refractivity contribution in [3.05, 3.63) is 48.2 Å². The van der Waals surface area contributed by atoms with Crippen molar-refractivity contribution < 1.29 is 24.6 Å². The number of fused-ring (bicyclic) bond motifs is 1. The highest BCUT2D eigenvalue weighted by Gasteiger charge is 2.07. The minimum Gasteiger partial charge on any atom is -0.478 e. The van der Waals surface area contributed by atoms with Gasteiger partial charge in [-0.2, -0.15) is 0 Å². The Kier molecular flexibility index (Phi) is 5.24. The van der Waals surface area contributed by atoms with Crippen LogP contribution in [0.5, 0.6) is 0 Å². The van der Waals surface area contributed by atoms with Gasteiger partial charge in [0.1, 0.15) is 0 Å². The summed E-state index contributed by atoms with van der Waals surface area (Å²) in [5, 5.41) is 16.7. The molecule has 1 amide bonds. The van der Waals surface area contributed by atoms with Crippen molar-refractivity contribution >= 4 is 28.9 Å². The number of nitrogens with two attached hydrogens (primary N) is 1. The number of carbonyl (C=O) groups is 3. The van der Waals surface area contributed by atoms with Crippen LogP contribution < -0.4 is 5.73 Å². The molecule has 1 aromatic carbocycles. The van der Waals surface area contributed by atoms with Gasteiger partial charge in [-0.15, -0.1) is 0 Å². The lowest BCUT2D eigenvalue weighted by molar-refractivity contribution is -0.134. The first-order valence-corrected chi connectivity index (χ1v) is 5.83. The summed E-state index contributed by atoms with van der Waals surface area (Å²) in [4.78, 5) is 30.2. The van der Waals surface area contributed by atoms with E-state index in [1.165, 1.54) is 4.57 Å². The molecular weight excluding hydrogens is 276 g/mol. The Morgan fingerprint density at radius 2 is 1.62 bits per heavy atom. The molecule has 0 radical (unpaired) electrons. The quantitative estimate of drug-likeness (QED) is 0.725. The molecule has 1 heterocycles. The number of aryl methyl sites for hydroxylation is 1. The molecule has 2 aromatic rings. The maximum atomic E-state index is 11.1. The van der Waals surface area contributed by atoms with Gasteiger partial charge in [-0.3, -0.25) is 4.57 Å². The topological polar surface area (TPSA) is 123 Å². The number of carboxylic acids is 2. The van der Waals surface area contributed by atoms with Crippen LogP contribution in [0.15, 0.2) is 42.5 Å². The van der Waals surface area contributed by atoms with Crippen LogP contribution in [0.3, 0.4) is 0 Å². The van der Waals surface area contributed by atoms with Crippen molar-refractivity contribution in [3.63, 3.8) is 0 Å². The second-order valence-electron chi connectivity index (χ2n) is 4.03. The summed E-state index contributed by atoms with van der Waals surface area (Å²) < 4.78 is 1.51. The molecule has 0 saturated heterocycles. The average Bonchev–Trinajstić information content (AvgIpc) is 2.73. The van der Waals surface area contributed by atoms with E-state index in [2.05, 4.69) is 0 Å². The fourth-order valence-electron chi connectivity index (χ4n) is 1.73. The van der Waals surface area contributed by atoms with Crippen LogP contribution in [0.4, 0.5) is 4.79 Å². The predicted octanol–water partition coefficient (Wildman–Crippen LogP) is 1.59. The number of para-hydroxylation sites is 1. The summed E-state index contributed by atoms with van der Waals surface area (Å²) in [5.41, 5.74) is 6.99. The number of aromatic nitrogens is 1. The van der Waals surface area contributed by atoms with E-state index in [0.717, 1.165) is 16.6 Å². The van der Waals surface area contributed by atoms with Crippen LogP contribution in [-0.2, 0) is 9.59 Å². The zero-order valence-corrected chi connectivity index (χ0v) is 11.2. The highest BCUT2D eigenvalue weighted by Crippen LogP contribution is 2.17. The molecule has 0 bridgehead atoms. The standard InChI is InChI=1S/C10H10N2O.C4H4O4/c1-7-6-8-4-2-3-5-9(8)12(7)10(11)13;5-3(6)1-2-4(7)8/h2-6H,1H3,(H2,11,13);1-2H,(H,5,6)(H,7,8)/b;2-1+. The molecule has 110 valence electrons. The number of primary amides is 1. The fraction of sp³-hybridized carbons (Fsp3) is 0.0714. The molecule has 0 aliphatic carbocycles. The zero-order chi connectivity index (χ0) is 16.0. The van der Waals surface area contributed by atoms with Gasteiger partial charge in [0.05, 0.1) is 5.52 Å². The molecule has 0 aliphatic heterocycles. The van der Waals surface area contributed by atoms with E-state index in [4.69, 9.17) is 15.9 Å². The lowest BCUT2D eigenvalue weighted by Gasteiger charge is -2.00. The first-order valence-electron chi connectivity index (χ1n) is 5.83. The van der Waals surface area contributed by atoms with E-state index in [1.54, 1.807) is 0 Å². The Labute approximate surface area is 119 Å². The summed E-state index contributed by atoms with van der Waals surface area (Å²) in [6.45, 7) is 1.87. The molecule has 0 saturated carbocycles. The second kappa shape index (κ2) is 6.90. The van der Waals surface area contributed by atoms with Gasteiger partial charge in [0.15, 0.2) is 0 Å². The van der Waals surface area contributed by atoms with Crippen LogP contribution in [0, 0.1) is 6.92 Å². The van der Waals surface area contributed by atoms with Gasteiger partial charge in [-0.05, 0) is 19.1 Å². The number of carboxylic acid groups (broad SMARTS) is 2. The molecule has 4 N–H and O–H groups in total. The lowest BCUT2D eigenvalue weighted by atomic mass is 10.2. The normalized spacial score (nSPS) is 10.1. The van der Waals surface area contributed by atoms with Gasteiger partial charge in [0.25, 0.3) is 0 Å². The highest BCUT2D eigenvalue weighted by molar-refractivity contribution is 5.92. The lowest BCUT2D eigenvalue weighted by Crippen LogP contribution is -2.20. The second-order valence-corrected chi connectivity index (χ2v) is 4.03. The molecule has 7 heteroatoms. The number of carbonyl (C=O) groups excluding carboxylic acids is 1. The molecule has 0 unspecified atom stereocenters. The van der Waals surface area contributed by atoms with Crippen molar-refractivity contribution in [2.45, 2.75) is 6.92 Å². The number of hydrogen-bond donors (Lipinski definition) is 3. The largest absolute Gasteiger partial charge is 0.478 e. The molecule has 0 atom stereocenters. The van der Waals surface area contributed by atoms with Gasteiger partial charge in [0.2, 0.25) is 0 Å². The monoisotopic (exact) mass is 290 g/mol. The third-order valence-corrected chi connectivity index (χ3v) is 2.48. The minimum absolute atomic E-state index is 0.432. The Morgan fingerprint density at radius 1 is 1.10 bits per heavy atom. The number of hydrogen-bond acceptors (Lipinski definition) is 3. The van der Waals surface area contributed by atoms with E-state index in [0.29, 0.717) is 12.2 Å². The number of benzene rings is 1. The fourth-order valence-corrected chi connectivity index (χ4v) is 1.73. The summed E-state index contributed by atoms with van der Waals surface area (Å²) in [7, 11) is 0. The predicted molar refractivity (Wildman–Crippen MR) is 76.1 cm³/mol. The number of rotatable bonds is 2. The van der Waals surface area contributed by atoms with E-state index in [9.17, 15) is 14.4 Å². The van der Waals surface area contributed by atoms with Crippen molar-refractivity contribution in [2.75, 3.05) is 0 Å². The van der Waals surface area contributed by atoms with Crippen LogP contribution in [0.1, 0.15) is 5.69 Å². The SMILES string of the molecule is Cc1cc2ccccc2n1C(N)=O.O=C(O)/C=C/C(=O)O. The first-order chi connectivity index (χ1) is 9.82. The zero-order valence-electron chi connectivity index (χ0n) is 11.2.